The van der Waals surface area contributed by atoms with Gasteiger partial charge < -0.3 is 5.32 Å². The number of nitrogens with zero attached hydrogens (tertiary/aromatic N) is 3. The summed E-state index contributed by atoms with van der Waals surface area (Å²) in [6.45, 7) is 0. The van der Waals surface area contributed by atoms with Crippen molar-refractivity contribution >= 4 is 11.6 Å². The molecule has 5 nitrogen and oxygen atoms in total. The highest BCUT2D eigenvalue weighted by Crippen LogP contribution is 2.27. The Hall–Kier alpha value is -3.02. The molecular formula is C19H17FN4O. The minimum Gasteiger partial charge on any atom is -0.319 e. The summed E-state index contributed by atoms with van der Waals surface area (Å²) in [4.78, 5) is 16.7. The van der Waals surface area contributed by atoms with Gasteiger partial charge in [-0.2, -0.15) is 5.10 Å². The summed E-state index contributed by atoms with van der Waals surface area (Å²) in [6, 6.07) is 9.72. The van der Waals surface area contributed by atoms with Gasteiger partial charge in [-0.15, -0.1) is 0 Å². The lowest BCUT2D eigenvalue weighted by Crippen LogP contribution is -2.15. The summed E-state index contributed by atoms with van der Waals surface area (Å²) >= 11 is 0. The lowest BCUT2D eigenvalue weighted by Gasteiger charge is -2.14. The van der Waals surface area contributed by atoms with E-state index in [1.54, 1.807) is 41.3 Å². The fourth-order valence-corrected chi connectivity index (χ4v) is 3.20. The van der Waals surface area contributed by atoms with Crippen LogP contribution < -0.4 is 5.32 Å². The van der Waals surface area contributed by atoms with Crippen molar-refractivity contribution in [1.82, 2.24) is 14.8 Å². The van der Waals surface area contributed by atoms with Gasteiger partial charge in [0.2, 0.25) is 0 Å². The van der Waals surface area contributed by atoms with Crippen molar-refractivity contribution in [2.24, 2.45) is 0 Å². The molecule has 1 amide bonds. The average molecular weight is 336 g/mol. The maximum atomic E-state index is 13.2. The molecule has 1 aliphatic rings. The second kappa shape index (κ2) is 6.47. The van der Waals surface area contributed by atoms with Gasteiger partial charge in [-0.25, -0.2) is 9.07 Å². The Balaban J connectivity index is 1.73. The molecule has 0 aliphatic heterocycles. The summed E-state index contributed by atoms with van der Waals surface area (Å²) in [6.07, 6.45) is 7.03. The minimum absolute atomic E-state index is 0.244. The van der Waals surface area contributed by atoms with Crippen LogP contribution in [-0.2, 0) is 12.8 Å². The maximum absolute atomic E-state index is 13.2. The van der Waals surface area contributed by atoms with Crippen LogP contribution in [0.5, 0.6) is 0 Å². The molecule has 0 fully saturated rings. The molecule has 0 spiro atoms. The van der Waals surface area contributed by atoms with E-state index >= 15 is 0 Å². The van der Waals surface area contributed by atoms with Crippen LogP contribution >= 0.6 is 0 Å². The molecule has 4 rings (SSSR count). The molecule has 25 heavy (non-hydrogen) atoms. The molecule has 3 aromatic rings. The second-order valence-corrected chi connectivity index (χ2v) is 6.07. The number of anilines is 1. The second-order valence-electron chi connectivity index (χ2n) is 6.07. The molecule has 1 aliphatic carbocycles. The normalized spacial score (nSPS) is 13.3. The molecule has 1 aromatic carbocycles. The number of aromatic nitrogens is 3. The molecule has 6 heteroatoms. The highest BCUT2D eigenvalue weighted by Gasteiger charge is 2.25. The number of pyridine rings is 1. The first-order chi connectivity index (χ1) is 12.2. The number of amides is 1. The number of halogens is 1. The van der Waals surface area contributed by atoms with Crippen LogP contribution in [0.3, 0.4) is 0 Å². The van der Waals surface area contributed by atoms with Crippen molar-refractivity contribution in [3.8, 4) is 5.69 Å². The predicted molar refractivity (Wildman–Crippen MR) is 92.4 cm³/mol. The lowest BCUT2D eigenvalue weighted by atomic mass is 9.95. The number of nitrogens with one attached hydrogen (secondary N) is 1. The monoisotopic (exact) mass is 336 g/mol. The SMILES string of the molecule is O=C(Nc1cccnc1)c1nn(-c2ccc(F)cc2)c2c1CCCC2. The van der Waals surface area contributed by atoms with E-state index in [0.29, 0.717) is 11.4 Å². The van der Waals surface area contributed by atoms with Gasteiger partial charge >= 0.3 is 0 Å². The van der Waals surface area contributed by atoms with Gasteiger partial charge in [-0.05, 0) is 62.1 Å². The largest absolute Gasteiger partial charge is 0.319 e. The van der Waals surface area contributed by atoms with Crippen LogP contribution in [0.2, 0.25) is 0 Å². The third-order valence-electron chi connectivity index (χ3n) is 4.39. The maximum Gasteiger partial charge on any atom is 0.276 e. The molecule has 0 unspecified atom stereocenters. The first-order valence-corrected chi connectivity index (χ1v) is 8.30. The van der Waals surface area contributed by atoms with Crippen LogP contribution in [-0.4, -0.2) is 20.7 Å². The highest BCUT2D eigenvalue weighted by molar-refractivity contribution is 6.04. The van der Waals surface area contributed by atoms with Gasteiger partial charge in [-0.1, -0.05) is 0 Å². The fourth-order valence-electron chi connectivity index (χ4n) is 3.20. The third kappa shape index (κ3) is 3.03. The van der Waals surface area contributed by atoms with Crippen molar-refractivity contribution in [1.29, 1.82) is 0 Å². The van der Waals surface area contributed by atoms with Crippen LogP contribution in [0.4, 0.5) is 10.1 Å². The Bertz CT molecular complexity index is 903. The minimum atomic E-state index is -0.292. The van der Waals surface area contributed by atoms with Crippen LogP contribution in [0.1, 0.15) is 34.6 Å². The average Bonchev–Trinajstić information content (AvgIpc) is 3.03. The van der Waals surface area contributed by atoms with Crippen molar-refractivity contribution in [3.05, 3.63) is 71.6 Å². The number of hydrogen-bond donors (Lipinski definition) is 1. The Labute approximate surface area is 144 Å². The molecule has 0 radical (unpaired) electrons. The molecule has 2 heterocycles. The van der Waals surface area contributed by atoms with Gasteiger partial charge in [0.15, 0.2) is 5.69 Å². The van der Waals surface area contributed by atoms with E-state index in [2.05, 4.69) is 15.4 Å². The summed E-state index contributed by atoms with van der Waals surface area (Å²) in [5.74, 6) is -0.536. The summed E-state index contributed by atoms with van der Waals surface area (Å²) in [7, 11) is 0. The van der Waals surface area contributed by atoms with Gasteiger partial charge in [-0.3, -0.25) is 9.78 Å². The van der Waals surface area contributed by atoms with Crippen LogP contribution in [0.15, 0.2) is 48.8 Å². The zero-order valence-corrected chi connectivity index (χ0v) is 13.6. The van der Waals surface area contributed by atoms with Gasteiger partial charge in [0.25, 0.3) is 5.91 Å². The molecule has 0 bridgehead atoms. The van der Waals surface area contributed by atoms with Gasteiger partial charge in [0, 0.05) is 17.5 Å². The number of carbonyl (C=O) groups is 1. The molecule has 0 saturated carbocycles. The number of benzene rings is 1. The third-order valence-corrected chi connectivity index (χ3v) is 4.39. The van der Waals surface area contributed by atoms with E-state index in [4.69, 9.17) is 0 Å². The first kappa shape index (κ1) is 15.5. The van der Waals surface area contributed by atoms with Gasteiger partial charge in [0.05, 0.1) is 17.6 Å². The number of hydrogen-bond acceptors (Lipinski definition) is 3. The highest BCUT2D eigenvalue weighted by atomic mass is 19.1. The number of fused-ring (bicyclic) bond motifs is 1. The topological polar surface area (TPSA) is 59.8 Å². The van der Waals surface area contributed by atoms with Crippen LogP contribution in [0.25, 0.3) is 5.69 Å². The van der Waals surface area contributed by atoms with Crippen LogP contribution in [0, 0.1) is 5.82 Å². The van der Waals surface area contributed by atoms with Gasteiger partial charge in [0.1, 0.15) is 5.82 Å². The molecular weight excluding hydrogens is 319 g/mol. The van der Waals surface area contributed by atoms with Crippen molar-refractivity contribution in [2.75, 3.05) is 5.32 Å². The van der Waals surface area contributed by atoms with E-state index in [-0.39, 0.29) is 11.7 Å². The Morgan fingerprint density at radius 2 is 1.92 bits per heavy atom. The zero-order chi connectivity index (χ0) is 17.2. The van der Waals surface area contributed by atoms with Crippen molar-refractivity contribution in [2.45, 2.75) is 25.7 Å². The molecule has 0 saturated heterocycles. The molecule has 2 aromatic heterocycles. The Morgan fingerprint density at radius 3 is 2.68 bits per heavy atom. The van der Waals surface area contributed by atoms with Crippen molar-refractivity contribution in [3.63, 3.8) is 0 Å². The van der Waals surface area contributed by atoms with E-state index in [0.717, 1.165) is 42.6 Å². The summed E-state index contributed by atoms with van der Waals surface area (Å²) in [5, 5.41) is 7.39. The number of rotatable bonds is 3. The Morgan fingerprint density at radius 1 is 1.12 bits per heavy atom. The van der Waals surface area contributed by atoms with Crippen molar-refractivity contribution < 1.29 is 9.18 Å². The quantitative estimate of drug-likeness (QED) is 0.796. The summed E-state index contributed by atoms with van der Waals surface area (Å²) in [5.41, 5.74) is 3.85. The molecule has 1 N–H and O–H groups in total. The fraction of sp³-hybridized carbons (Fsp3) is 0.211. The zero-order valence-electron chi connectivity index (χ0n) is 13.6. The smallest absolute Gasteiger partial charge is 0.276 e. The Kier molecular flexibility index (Phi) is 4.01. The van der Waals surface area contributed by atoms with E-state index in [9.17, 15) is 9.18 Å². The molecule has 126 valence electrons. The van der Waals surface area contributed by atoms with E-state index in [1.165, 1.54) is 12.1 Å². The van der Waals surface area contributed by atoms with E-state index < -0.39 is 0 Å². The molecule has 0 atom stereocenters. The summed E-state index contributed by atoms with van der Waals surface area (Å²) < 4.78 is 15.0. The lowest BCUT2D eigenvalue weighted by molar-refractivity contribution is 0.102. The standard InChI is InChI=1S/C19H17FN4O/c20-13-7-9-15(10-8-13)24-17-6-2-1-5-16(17)18(23-24)19(25)22-14-4-3-11-21-12-14/h3-4,7-12H,1-2,5-6H2,(H,22,25). The predicted octanol–water partition coefficient (Wildman–Crippen LogP) is 3.54. The first-order valence-electron chi connectivity index (χ1n) is 8.30. The number of carbonyl (C=O) groups excluding carboxylic acids is 1. The van der Waals surface area contributed by atoms with E-state index in [1.807, 2.05) is 0 Å².